The van der Waals surface area contributed by atoms with Crippen molar-refractivity contribution in [2.75, 3.05) is 6.54 Å². The maximum Gasteiger partial charge on any atom is 0.123 e. The molecule has 1 N–H and O–H groups in total. The third kappa shape index (κ3) is 3.06. The summed E-state index contributed by atoms with van der Waals surface area (Å²) >= 11 is 7.54. The number of hydrogen-bond acceptors (Lipinski definition) is 3. The molecule has 90 valence electrons. The zero-order valence-corrected chi connectivity index (χ0v) is 11.5. The minimum Gasteiger partial charge on any atom is -0.309 e. The monoisotopic (exact) mass is 266 g/mol. The Bertz CT molecular complexity index is 478. The van der Waals surface area contributed by atoms with Crippen molar-refractivity contribution in [1.82, 2.24) is 10.3 Å². The standard InChI is InChI=1S/C13H15ClN2S/c1-3-15-9(2)12-8-17-13(16-12)10-4-6-11(14)7-5-10/h4-9,15H,3H2,1-2H3. The number of nitrogens with zero attached hydrogens (tertiary/aromatic N) is 1. The molecule has 0 radical (unpaired) electrons. The zero-order valence-electron chi connectivity index (χ0n) is 9.90. The lowest BCUT2D eigenvalue weighted by atomic mass is 10.2. The Morgan fingerprint density at radius 2 is 2.06 bits per heavy atom. The first-order valence-electron chi connectivity index (χ1n) is 5.65. The molecule has 1 aromatic carbocycles. The van der Waals surface area contributed by atoms with Crippen LogP contribution in [0.5, 0.6) is 0 Å². The molecule has 0 aliphatic carbocycles. The van der Waals surface area contributed by atoms with E-state index in [9.17, 15) is 0 Å². The molecule has 4 heteroatoms. The summed E-state index contributed by atoms with van der Waals surface area (Å²) in [6.45, 7) is 5.18. The van der Waals surface area contributed by atoms with Crippen LogP contribution in [0.25, 0.3) is 10.6 Å². The first kappa shape index (κ1) is 12.6. The second-order valence-electron chi connectivity index (χ2n) is 3.86. The first-order valence-corrected chi connectivity index (χ1v) is 6.91. The summed E-state index contributed by atoms with van der Waals surface area (Å²) in [5, 5.41) is 7.27. The van der Waals surface area contributed by atoms with Crippen LogP contribution in [0.3, 0.4) is 0 Å². The van der Waals surface area contributed by atoms with E-state index in [2.05, 4.69) is 29.5 Å². The van der Waals surface area contributed by atoms with Crippen LogP contribution < -0.4 is 5.32 Å². The molecule has 1 unspecified atom stereocenters. The smallest absolute Gasteiger partial charge is 0.123 e. The van der Waals surface area contributed by atoms with Gasteiger partial charge in [-0.2, -0.15) is 0 Å². The number of halogens is 1. The Labute approximate surface area is 111 Å². The summed E-state index contributed by atoms with van der Waals surface area (Å²) in [5.41, 5.74) is 2.22. The summed E-state index contributed by atoms with van der Waals surface area (Å²) in [4.78, 5) is 4.64. The molecule has 0 aliphatic heterocycles. The van der Waals surface area contributed by atoms with Gasteiger partial charge in [0.25, 0.3) is 0 Å². The molecule has 2 nitrogen and oxygen atoms in total. The molecule has 17 heavy (non-hydrogen) atoms. The fourth-order valence-electron chi connectivity index (χ4n) is 1.62. The highest BCUT2D eigenvalue weighted by atomic mass is 35.5. The average Bonchev–Trinajstić information content (AvgIpc) is 2.80. The molecule has 0 aliphatic rings. The van der Waals surface area contributed by atoms with E-state index < -0.39 is 0 Å². The molecular formula is C13H15ClN2S. The quantitative estimate of drug-likeness (QED) is 0.900. The molecule has 0 saturated heterocycles. The second-order valence-corrected chi connectivity index (χ2v) is 5.16. The molecule has 0 spiro atoms. The number of rotatable bonds is 4. The minimum absolute atomic E-state index is 0.303. The molecule has 0 amide bonds. The lowest BCUT2D eigenvalue weighted by molar-refractivity contribution is 0.587. The van der Waals surface area contributed by atoms with Gasteiger partial charge in [0.15, 0.2) is 0 Å². The predicted molar refractivity (Wildman–Crippen MR) is 74.7 cm³/mol. The Morgan fingerprint density at radius 1 is 1.35 bits per heavy atom. The molecule has 0 saturated carbocycles. The van der Waals surface area contributed by atoms with Gasteiger partial charge in [-0.15, -0.1) is 11.3 Å². The third-order valence-corrected chi connectivity index (χ3v) is 3.73. The second kappa shape index (κ2) is 5.63. The summed E-state index contributed by atoms with van der Waals surface area (Å²) in [6, 6.07) is 8.10. The molecule has 2 rings (SSSR count). The highest BCUT2D eigenvalue weighted by Gasteiger charge is 2.09. The van der Waals surface area contributed by atoms with Crippen LogP contribution in [-0.4, -0.2) is 11.5 Å². The third-order valence-electron chi connectivity index (χ3n) is 2.57. The van der Waals surface area contributed by atoms with Gasteiger partial charge in [-0.25, -0.2) is 4.98 Å². The summed E-state index contributed by atoms with van der Waals surface area (Å²) < 4.78 is 0. The Morgan fingerprint density at radius 3 is 2.71 bits per heavy atom. The van der Waals surface area contributed by atoms with Gasteiger partial charge >= 0.3 is 0 Å². The van der Waals surface area contributed by atoms with Crippen LogP contribution in [0.4, 0.5) is 0 Å². The van der Waals surface area contributed by atoms with Crippen LogP contribution in [-0.2, 0) is 0 Å². The van der Waals surface area contributed by atoms with Crippen LogP contribution in [0.2, 0.25) is 5.02 Å². The van der Waals surface area contributed by atoms with Crippen molar-refractivity contribution >= 4 is 22.9 Å². The number of aromatic nitrogens is 1. The van der Waals surface area contributed by atoms with Crippen molar-refractivity contribution in [1.29, 1.82) is 0 Å². The van der Waals surface area contributed by atoms with Crippen molar-refractivity contribution in [3.63, 3.8) is 0 Å². The number of thiazole rings is 1. The molecule has 1 heterocycles. The molecular weight excluding hydrogens is 252 g/mol. The Hall–Kier alpha value is -0.900. The van der Waals surface area contributed by atoms with E-state index in [1.54, 1.807) is 11.3 Å². The van der Waals surface area contributed by atoms with Gasteiger partial charge in [-0.3, -0.25) is 0 Å². The van der Waals surface area contributed by atoms with Crippen LogP contribution in [0.1, 0.15) is 25.6 Å². The molecule has 1 aromatic heterocycles. The molecule has 0 fully saturated rings. The van der Waals surface area contributed by atoms with Crippen molar-refractivity contribution in [2.24, 2.45) is 0 Å². The highest BCUT2D eigenvalue weighted by molar-refractivity contribution is 7.13. The van der Waals surface area contributed by atoms with Crippen molar-refractivity contribution in [3.8, 4) is 10.6 Å². The SMILES string of the molecule is CCNC(C)c1csc(-c2ccc(Cl)cc2)n1. The van der Waals surface area contributed by atoms with Crippen molar-refractivity contribution < 1.29 is 0 Å². The van der Waals surface area contributed by atoms with Crippen LogP contribution in [0.15, 0.2) is 29.6 Å². The Kier molecular flexibility index (Phi) is 4.15. The van der Waals surface area contributed by atoms with Gasteiger partial charge in [0.05, 0.1) is 5.69 Å². The number of nitrogens with one attached hydrogen (secondary N) is 1. The molecule has 2 aromatic rings. The average molecular weight is 267 g/mol. The van der Waals surface area contributed by atoms with Gasteiger partial charge in [-0.05, 0) is 25.6 Å². The van der Waals surface area contributed by atoms with E-state index in [1.165, 1.54) is 0 Å². The van der Waals surface area contributed by atoms with E-state index in [4.69, 9.17) is 11.6 Å². The first-order chi connectivity index (χ1) is 8.20. The van der Waals surface area contributed by atoms with Gasteiger partial charge < -0.3 is 5.32 Å². The topological polar surface area (TPSA) is 24.9 Å². The van der Waals surface area contributed by atoms with Crippen LogP contribution >= 0.6 is 22.9 Å². The maximum atomic E-state index is 5.87. The van der Waals surface area contributed by atoms with E-state index in [1.807, 2.05) is 24.3 Å². The summed E-state index contributed by atoms with van der Waals surface area (Å²) in [6.07, 6.45) is 0. The lowest BCUT2D eigenvalue weighted by Crippen LogP contribution is -2.17. The van der Waals surface area contributed by atoms with E-state index in [-0.39, 0.29) is 0 Å². The lowest BCUT2D eigenvalue weighted by Gasteiger charge is -2.08. The molecule has 1 atom stereocenters. The normalized spacial score (nSPS) is 12.6. The highest BCUT2D eigenvalue weighted by Crippen LogP contribution is 2.27. The predicted octanol–water partition coefficient (Wildman–Crippen LogP) is 4.13. The number of hydrogen-bond donors (Lipinski definition) is 1. The zero-order chi connectivity index (χ0) is 12.3. The fourth-order valence-corrected chi connectivity index (χ4v) is 2.67. The van der Waals surface area contributed by atoms with Crippen molar-refractivity contribution in [2.45, 2.75) is 19.9 Å². The van der Waals surface area contributed by atoms with E-state index in [0.29, 0.717) is 6.04 Å². The maximum absolute atomic E-state index is 5.87. The summed E-state index contributed by atoms with van der Waals surface area (Å²) in [7, 11) is 0. The van der Waals surface area contributed by atoms with Crippen molar-refractivity contribution in [3.05, 3.63) is 40.4 Å². The van der Waals surface area contributed by atoms with E-state index >= 15 is 0 Å². The minimum atomic E-state index is 0.303. The van der Waals surface area contributed by atoms with Gasteiger partial charge in [-0.1, -0.05) is 30.7 Å². The Balaban J connectivity index is 2.20. The largest absolute Gasteiger partial charge is 0.309 e. The van der Waals surface area contributed by atoms with Gasteiger partial charge in [0.2, 0.25) is 0 Å². The van der Waals surface area contributed by atoms with E-state index in [0.717, 1.165) is 27.8 Å². The van der Waals surface area contributed by atoms with Gasteiger partial charge in [0.1, 0.15) is 5.01 Å². The molecule has 0 bridgehead atoms. The van der Waals surface area contributed by atoms with Crippen LogP contribution in [0, 0.1) is 0 Å². The summed E-state index contributed by atoms with van der Waals surface area (Å²) in [5.74, 6) is 0. The fraction of sp³-hybridized carbons (Fsp3) is 0.308. The number of benzene rings is 1. The van der Waals surface area contributed by atoms with Gasteiger partial charge in [0, 0.05) is 22.0 Å².